The molecule has 0 radical (unpaired) electrons. The summed E-state index contributed by atoms with van der Waals surface area (Å²) < 4.78 is 1.18. The molecule has 1 nitrogen and oxygen atoms in total. The highest BCUT2D eigenvalue weighted by atomic mass is 79.9. The van der Waals surface area contributed by atoms with E-state index >= 15 is 0 Å². The smallest absolute Gasteiger partial charge is 0.0455 e. The number of nitrogens with one attached hydrogen (secondary N) is 1. The van der Waals surface area contributed by atoms with Gasteiger partial charge in [0.1, 0.15) is 0 Å². The van der Waals surface area contributed by atoms with Crippen molar-refractivity contribution in [3.05, 3.63) is 56.2 Å². The first-order chi connectivity index (χ1) is 8.69. The summed E-state index contributed by atoms with van der Waals surface area (Å²) in [5.74, 6) is 0. The molecule has 1 aromatic carbocycles. The molecule has 1 atom stereocenters. The molecule has 2 rings (SSSR count). The summed E-state index contributed by atoms with van der Waals surface area (Å²) in [6.07, 6.45) is 1.04. The maximum absolute atomic E-state index is 3.56. The molecule has 1 N–H and O–H groups in total. The van der Waals surface area contributed by atoms with Crippen molar-refractivity contribution in [1.29, 1.82) is 0 Å². The van der Waals surface area contributed by atoms with Gasteiger partial charge in [-0.05, 0) is 47.4 Å². The van der Waals surface area contributed by atoms with Crippen LogP contribution in [0.5, 0.6) is 0 Å². The monoisotopic (exact) mass is 323 g/mol. The minimum atomic E-state index is 0.411. The molecule has 0 spiro atoms. The van der Waals surface area contributed by atoms with Crippen LogP contribution in [0.15, 0.2) is 40.2 Å². The van der Waals surface area contributed by atoms with Crippen molar-refractivity contribution < 1.29 is 0 Å². The molecule has 2 aromatic rings. The predicted octanol–water partition coefficient (Wildman–Crippen LogP) is 4.71. The molecule has 1 unspecified atom stereocenters. The quantitative estimate of drug-likeness (QED) is 0.840. The Morgan fingerprint density at radius 3 is 2.56 bits per heavy atom. The Hall–Kier alpha value is -0.640. The minimum Gasteiger partial charge on any atom is -0.309 e. The molecule has 0 bridgehead atoms. The lowest BCUT2D eigenvalue weighted by molar-refractivity contribution is 0.558. The SMILES string of the molecule is CCNC(Cc1ccc(C)cc1)c1cc(Br)cs1. The van der Waals surface area contributed by atoms with Gasteiger partial charge in [0.05, 0.1) is 0 Å². The van der Waals surface area contributed by atoms with Crippen LogP contribution in [-0.2, 0) is 6.42 Å². The Morgan fingerprint density at radius 1 is 1.28 bits per heavy atom. The summed E-state index contributed by atoms with van der Waals surface area (Å²) >= 11 is 5.34. The summed E-state index contributed by atoms with van der Waals surface area (Å²) in [6, 6.07) is 11.4. The molecule has 18 heavy (non-hydrogen) atoms. The van der Waals surface area contributed by atoms with Crippen LogP contribution in [0.25, 0.3) is 0 Å². The number of benzene rings is 1. The zero-order valence-corrected chi connectivity index (χ0v) is 13.1. The van der Waals surface area contributed by atoms with Crippen molar-refractivity contribution in [3.63, 3.8) is 0 Å². The summed E-state index contributed by atoms with van der Waals surface area (Å²) in [7, 11) is 0. The lowest BCUT2D eigenvalue weighted by Gasteiger charge is -2.16. The van der Waals surface area contributed by atoms with E-state index in [1.165, 1.54) is 20.5 Å². The number of halogens is 1. The van der Waals surface area contributed by atoms with Gasteiger partial charge in [0.15, 0.2) is 0 Å². The number of hydrogen-bond acceptors (Lipinski definition) is 2. The van der Waals surface area contributed by atoms with E-state index < -0.39 is 0 Å². The van der Waals surface area contributed by atoms with Crippen molar-refractivity contribution in [1.82, 2.24) is 5.32 Å². The van der Waals surface area contributed by atoms with E-state index in [9.17, 15) is 0 Å². The Kier molecular flexibility index (Phi) is 4.98. The molecule has 0 saturated heterocycles. The molecule has 0 fully saturated rings. The second-order valence-corrected chi connectivity index (χ2v) is 6.33. The van der Waals surface area contributed by atoms with Gasteiger partial charge in [0.2, 0.25) is 0 Å². The molecular weight excluding hydrogens is 306 g/mol. The van der Waals surface area contributed by atoms with Crippen LogP contribution in [0.3, 0.4) is 0 Å². The van der Waals surface area contributed by atoms with E-state index in [4.69, 9.17) is 0 Å². The van der Waals surface area contributed by atoms with Crippen LogP contribution >= 0.6 is 27.3 Å². The Labute approximate surface area is 121 Å². The van der Waals surface area contributed by atoms with Gasteiger partial charge in [0.25, 0.3) is 0 Å². The maximum atomic E-state index is 3.56. The molecule has 0 aliphatic heterocycles. The first-order valence-electron chi connectivity index (χ1n) is 6.22. The van der Waals surface area contributed by atoms with Crippen LogP contribution in [0.1, 0.15) is 29.0 Å². The van der Waals surface area contributed by atoms with Crippen molar-refractivity contribution in [3.8, 4) is 0 Å². The van der Waals surface area contributed by atoms with Crippen LogP contribution in [0.4, 0.5) is 0 Å². The van der Waals surface area contributed by atoms with Gasteiger partial charge in [-0.2, -0.15) is 0 Å². The minimum absolute atomic E-state index is 0.411. The van der Waals surface area contributed by atoms with Crippen molar-refractivity contribution in [2.24, 2.45) is 0 Å². The number of hydrogen-bond donors (Lipinski definition) is 1. The molecular formula is C15H18BrNS. The van der Waals surface area contributed by atoms with E-state index in [1.54, 1.807) is 0 Å². The maximum Gasteiger partial charge on any atom is 0.0455 e. The van der Waals surface area contributed by atoms with E-state index in [0.717, 1.165) is 13.0 Å². The molecule has 0 aliphatic rings. The van der Waals surface area contributed by atoms with E-state index in [2.05, 4.69) is 70.8 Å². The van der Waals surface area contributed by atoms with Crippen LogP contribution in [-0.4, -0.2) is 6.54 Å². The molecule has 0 amide bonds. The van der Waals surface area contributed by atoms with Gasteiger partial charge >= 0.3 is 0 Å². The summed E-state index contributed by atoms with van der Waals surface area (Å²) in [6.45, 7) is 5.28. The van der Waals surface area contributed by atoms with Gasteiger partial charge in [-0.1, -0.05) is 36.8 Å². The fourth-order valence-electron chi connectivity index (χ4n) is 1.99. The van der Waals surface area contributed by atoms with Crippen molar-refractivity contribution in [2.45, 2.75) is 26.3 Å². The zero-order chi connectivity index (χ0) is 13.0. The molecule has 1 aromatic heterocycles. The third-order valence-electron chi connectivity index (χ3n) is 2.94. The van der Waals surface area contributed by atoms with E-state index in [-0.39, 0.29) is 0 Å². The van der Waals surface area contributed by atoms with Crippen molar-refractivity contribution >= 4 is 27.3 Å². The predicted molar refractivity (Wildman–Crippen MR) is 83.3 cm³/mol. The molecule has 0 aliphatic carbocycles. The van der Waals surface area contributed by atoms with Gasteiger partial charge in [-0.15, -0.1) is 11.3 Å². The molecule has 3 heteroatoms. The highest BCUT2D eigenvalue weighted by Crippen LogP contribution is 2.28. The third-order valence-corrected chi connectivity index (χ3v) is 4.75. The number of aryl methyl sites for hydroxylation is 1. The van der Waals surface area contributed by atoms with Crippen LogP contribution in [0.2, 0.25) is 0 Å². The van der Waals surface area contributed by atoms with E-state index in [0.29, 0.717) is 6.04 Å². The Morgan fingerprint density at radius 2 is 2.00 bits per heavy atom. The standard InChI is InChI=1S/C15H18BrNS/c1-3-17-14(15-9-13(16)10-18-15)8-12-6-4-11(2)5-7-12/h4-7,9-10,14,17H,3,8H2,1-2H3. The highest BCUT2D eigenvalue weighted by molar-refractivity contribution is 9.10. The number of rotatable bonds is 5. The second kappa shape index (κ2) is 6.50. The average Bonchev–Trinajstić information content (AvgIpc) is 2.78. The lowest BCUT2D eigenvalue weighted by Crippen LogP contribution is -2.22. The van der Waals surface area contributed by atoms with Gasteiger partial charge < -0.3 is 5.32 Å². The number of thiophene rings is 1. The fourth-order valence-corrected chi connectivity index (χ4v) is 3.51. The third kappa shape index (κ3) is 3.67. The Balaban J connectivity index is 2.13. The summed E-state index contributed by atoms with van der Waals surface area (Å²) in [5.41, 5.74) is 2.70. The summed E-state index contributed by atoms with van der Waals surface area (Å²) in [5, 5.41) is 5.71. The normalized spacial score (nSPS) is 12.6. The highest BCUT2D eigenvalue weighted by Gasteiger charge is 2.13. The average molecular weight is 324 g/mol. The Bertz CT molecular complexity index is 489. The number of likely N-dealkylation sites (N-methyl/N-ethyl adjacent to an activating group) is 1. The van der Waals surface area contributed by atoms with Gasteiger partial charge in [-0.3, -0.25) is 0 Å². The first-order valence-corrected chi connectivity index (χ1v) is 7.89. The molecule has 96 valence electrons. The zero-order valence-electron chi connectivity index (χ0n) is 10.7. The van der Waals surface area contributed by atoms with Crippen molar-refractivity contribution in [2.75, 3.05) is 6.54 Å². The van der Waals surface area contributed by atoms with E-state index in [1.807, 2.05) is 11.3 Å². The largest absolute Gasteiger partial charge is 0.309 e. The second-order valence-electron chi connectivity index (χ2n) is 4.47. The van der Waals surface area contributed by atoms with Gasteiger partial charge in [-0.25, -0.2) is 0 Å². The first kappa shape index (κ1) is 13.8. The molecule has 1 heterocycles. The summed E-state index contributed by atoms with van der Waals surface area (Å²) in [4.78, 5) is 1.39. The fraction of sp³-hybridized carbons (Fsp3) is 0.333. The topological polar surface area (TPSA) is 12.0 Å². The van der Waals surface area contributed by atoms with Crippen LogP contribution in [0, 0.1) is 6.92 Å². The molecule has 0 saturated carbocycles. The van der Waals surface area contributed by atoms with Crippen LogP contribution < -0.4 is 5.32 Å². The van der Waals surface area contributed by atoms with Gasteiger partial charge in [0, 0.05) is 20.8 Å². The lowest BCUT2D eigenvalue weighted by atomic mass is 10.0.